The summed E-state index contributed by atoms with van der Waals surface area (Å²) in [6.45, 7) is 6.66. The zero-order valence-corrected chi connectivity index (χ0v) is 14.1. The zero-order valence-electron chi connectivity index (χ0n) is 14.1. The number of benzene rings is 1. The summed E-state index contributed by atoms with van der Waals surface area (Å²) in [4.78, 5) is 0. The third-order valence-corrected chi connectivity index (χ3v) is 5.22. The van der Waals surface area contributed by atoms with Crippen molar-refractivity contribution in [2.75, 3.05) is 0 Å². The van der Waals surface area contributed by atoms with Crippen LogP contribution in [-0.4, -0.2) is 5.11 Å². The molecular formula is C20H32O. The van der Waals surface area contributed by atoms with Gasteiger partial charge in [0.15, 0.2) is 0 Å². The van der Waals surface area contributed by atoms with Crippen molar-refractivity contribution < 1.29 is 5.11 Å². The average molecular weight is 288 g/mol. The molecule has 1 aliphatic rings. The quantitative estimate of drug-likeness (QED) is 0.721. The summed E-state index contributed by atoms with van der Waals surface area (Å²) >= 11 is 0. The van der Waals surface area contributed by atoms with E-state index >= 15 is 0 Å². The second-order valence-corrected chi connectivity index (χ2v) is 6.58. The molecular weight excluding hydrogens is 256 g/mol. The lowest BCUT2D eigenvalue weighted by Crippen LogP contribution is -2.16. The predicted molar refractivity (Wildman–Crippen MR) is 90.7 cm³/mol. The van der Waals surface area contributed by atoms with Crippen molar-refractivity contribution in [3.05, 3.63) is 34.4 Å². The monoisotopic (exact) mass is 288 g/mol. The summed E-state index contributed by atoms with van der Waals surface area (Å²) < 4.78 is 0. The van der Waals surface area contributed by atoms with E-state index in [0.29, 0.717) is 5.92 Å². The number of rotatable bonds is 5. The smallest absolute Gasteiger partial charge is 0.0823 e. The van der Waals surface area contributed by atoms with E-state index in [2.05, 4.69) is 32.9 Å². The van der Waals surface area contributed by atoms with Crippen molar-refractivity contribution in [2.45, 2.75) is 84.7 Å². The molecule has 0 aliphatic heterocycles. The average Bonchev–Trinajstić information content (AvgIpc) is 2.81. The van der Waals surface area contributed by atoms with Gasteiger partial charge in [-0.2, -0.15) is 0 Å². The second kappa shape index (κ2) is 7.98. The highest BCUT2D eigenvalue weighted by Crippen LogP contribution is 2.37. The van der Waals surface area contributed by atoms with Crippen molar-refractivity contribution in [1.29, 1.82) is 0 Å². The van der Waals surface area contributed by atoms with E-state index < -0.39 is 0 Å². The molecule has 1 saturated carbocycles. The van der Waals surface area contributed by atoms with Gasteiger partial charge in [0.1, 0.15) is 0 Å². The van der Waals surface area contributed by atoms with Crippen LogP contribution in [0.3, 0.4) is 0 Å². The Morgan fingerprint density at radius 3 is 1.86 bits per heavy atom. The summed E-state index contributed by atoms with van der Waals surface area (Å²) in [6.07, 6.45) is 10.6. The standard InChI is InChI=1S/C20H32O/c1-4-15-13-16(5-2)19(17(6-3)14-15)20(21)18-11-9-7-8-10-12-18/h13-14,18,20-21H,4-12H2,1-3H3. The lowest BCUT2D eigenvalue weighted by Gasteiger charge is -2.26. The molecule has 21 heavy (non-hydrogen) atoms. The first-order valence-electron chi connectivity index (χ1n) is 9.03. The third kappa shape index (κ3) is 3.88. The lowest BCUT2D eigenvalue weighted by atomic mass is 9.82. The molecule has 1 nitrogen and oxygen atoms in total. The number of aliphatic hydroxyl groups excluding tert-OH is 1. The van der Waals surface area contributed by atoms with E-state index in [1.54, 1.807) is 0 Å². The Hall–Kier alpha value is -0.820. The van der Waals surface area contributed by atoms with E-state index in [-0.39, 0.29) is 6.10 Å². The van der Waals surface area contributed by atoms with Crippen LogP contribution in [0.1, 0.15) is 87.7 Å². The minimum Gasteiger partial charge on any atom is -0.388 e. The van der Waals surface area contributed by atoms with Crippen molar-refractivity contribution in [3.63, 3.8) is 0 Å². The Morgan fingerprint density at radius 1 is 0.905 bits per heavy atom. The van der Waals surface area contributed by atoms with Crippen LogP contribution in [-0.2, 0) is 19.3 Å². The van der Waals surface area contributed by atoms with Gasteiger partial charge in [0.25, 0.3) is 0 Å². The third-order valence-electron chi connectivity index (χ3n) is 5.22. The molecule has 0 saturated heterocycles. The SMILES string of the molecule is CCc1cc(CC)c(C(O)C2CCCCCC2)c(CC)c1. The van der Waals surface area contributed by atoms with Gasteiger partial charge in [-0.05, 0) is 60.3 Å². The Kier molecular flexibility index (Phi) is 6.29. The fourth-order valence-electron chi connectivity index (χ4n) is 3.88. The molecule has 1 aliphatic carbocycles. The number of aliphatic hydroxyl groups is 1. The highest BCUT2D eigenvalue weighted by molar-refractivity contribution is 5.41. The maximum Gasteiger partial charge on any atom is 0.0823 e. The van der Waals surface area contributed by atoms with E-state index in [1.165, 1.54) is 60.8 Å². The Labute approximate surface area is 130 Å². The lowest BCUT2D eigenvalue weighted by molar-refractivity contribution is 0.0971. The van der Waals surface area contributed by atoms with Gasteiger partial charge < -0.3 is 5.11 Å². The van der Waals surface area contributed by atoms with Gasteiger partial charge in [0, 0.05) is 0 Å². The van der Waals surface area contributed by atoms with E-state index in [4.69, 9.17) is 0 Å². The molecule has 1 heteroatoms. The van der Waals surface area contributed by atoms with Crippen LogP contribution in [0.5, 0.6) is 0 Å². The summed E-state index contributed by atoms with van der Waals surface area (Å²) in [7, 11) is 0. The highest BCUT2D eigenvalue weighted by Gasteiger charge is 2.25. The van der Waals surface area contributed by atoms with Gasteiger partial charge in [-0.1, -0.05) is 58.6 Å². The molecule has 0 aromatic heterocycles. The first-order valence-corrected chi connectivity index (χ1v) is 9.03. The van der Waals surface area contributed by atoms with Gasteiger partial charge in [-0.15, -0.1) is 0 Å². The normalized spacial score (nSPS) is 18.5. The molecule has 1 aromatic rings. The van der Waals surface area contributed by atoms with Crippen LogP contribution < -0.4 is 0 Å². The van der Waals surface area contributed by atoms with Gasteiger partial charge in [-0.25, -0.2) is 0 Å². The summed E-state index contributed by atoms with van der Waals surface area (Å²) in [5.74, 6) is 0.468. The molecule has 118 valence electrons. The van der Waals surface area contributed by atoms with Gasteiger partial charge in [0.05, 0.1) is 6.10 Å². The molecule has 0 amide bonds. The first kappa shape index (κ1) is 16.5. The maximum absolute atomic E-state index is 11.1. The van der Waals surface area contributed by atoms with Crippen molar-refractivity contribution in [1.82, 2.24) is 0 Å². The number of hydrogen-bond donors (Lipinski definition) is 1. The van der Waals surface area contributed by atoms with Crippen LogP contribution in [0.4, 0.5) is 0 Å². The van der Waals surface area contributed by atoms with Crippen LogP contribution in [0.2, 0.25) is 0 Å². The Morgan fingerprint density at radius 2 is 1.43 bits per heavy atom. The Balaban J connectivity index is 2.35. The minimum atomic E-state index is -0.251. The van der Waals surface area contributed by atoms with Crippen LogP contribution in [0.15, 0.2) is 12.1 Å². The molecule has 0 bridgehead atoms. The van der Waals surface area contributed by atoms with Gasteiger partial charge in [0.2, 0.25) is 0 Å². The van der Waals surface area contributed by atoms with E-state index in [9.17, 15) is 5.11 Å². The van der Waals surface area contributed by atoms with Crippen molar-refractivity contribution in [2.24, 2.45) is 5.92 Å². The summed E-state index contributed by atoms with van der Waals surface area (Å²) in [5, 5.41) is 11.1. The Bertz CT molecular complexity index is 416. The topological polar surface area (TPSA) is 20.2 Å². The van der Waals surface area contributed by atoms with Gasteiger partial charge >= 0.3 is 0 Å². The largest absolute Gasteiger partial charge is 0.388 e. The second-order valence-electron chi connectivity index (χ2n) is 6.58. The predicted octanol–water partition coefficient (Wildman–Crippen LogP) is 5.38. The molecule has 0 heterocycles. The van der Waals surface area contributed by atoms with Crippen molar-refractivity contribution >= 4 is 0 Å². The molecule has 1 atom stereocenters. The molecule has 1 fully saturated rings. The number of hydrogen-bond acceptors (Lipinski definition) is 1. The molecule has 2 rings (SSSR count). The fraction of sp³-hybridized carbons (Fsp3) is 0.700. The van der Waals surface area contributed by atoms with Gasteiger partial charge in [-0.3, -0.25) is 0 Å². The van der Waals surface area contributed by atoms with E-state index in [0.717, 1.165) is 19.3 Å². The fourth-order valence-corrected chi connectivity index (χ4v) is 3.88. The summed E-state index contributed by atoms with van der Waals surface area (Å²) in [6, 6.07) is 4.66. The van der Waals surface area contributed by atoms with Crippen LogP contribution in [0, 0.1) is 5.92 Å². The van der Waals surface area contributed by atoms with Crippen LogP contribution >= 0.6 is 0 Å². The molecule has 1 aromatic carbocycles. The molecule has 0 radical (unpaired) electrons. The molecule has 1 N–H and O–H groups in total. The minimum absolute atomic E-state index is 0.251. The molecule has 1 unspecified atom stereocenters. The highest BCUT2D eigenvalue weighted by atomic mass is 16.3. The summed E-state index contributed by atoms with van der Waals surface area (Å²) in [5.41, 5.74) is 5.44. The van der Waals surface area contributed by atoms with E-state index in [1.807, 2.05) is 0 Å². The zero-order chi connectivity index (χ0) is 15.2. The maximum atomic E-state index is 11.1. The van der Waals surface area contributed by atoms with Crippen LogP contribution in [0.25, 0.3) is 0 Å². The van der Waals surface area contributed by atoms with Crippen molar-refractivity contribution in [3.8, 4) is 0 Å². The first-order chi connectivity index (χ1) is 10.2. The molecule has 0 spiro atoms. The number of aryl methyl sites for hydroxylation is 3.